The first-order valence-corrected chi connectivity index (χ1v) is 7.70. The van der Waals surface area contributed by atoms with Crippen LogP contribution in [-0.4, -0.2) is 43.1 Å². The number of nitrogens with one attached hydrogen (secondary N) is 3. The van der Waals surface area contributed by atoms with E-state index >= 15 is 0 Å². The first kappa shape index (κ1) is 15.3. The van der Waals surface area contributed by atoms with Crippen molar-refractivity contribution in [2.24, 2.45) is 5.92 Å². The fourth-order valence-corrected chi connectivity index (χ4v) is 2.54. The summed E-state index contributed by atoms with van der Waals surface area (Å²) in [7, 11) is 0. The van der Waals surface area contributed by atoms with Gasteiger partial charge in [-0.15, -0.1) is 0 Å². The Bertz CT molecular complexity index is 601. The van der Waals surface area contributed by atoms with Crippen molar-refractivity contribution in [1.82, 2.24) is 16.0 Å². The average Bonchev–Trinajstić information content (AvgIpc) is 3.32. The summed E-state index contributed by atoms with van der Waals surface area (Å²) in [6, 6.07) is 8.15. The van der Waals surface area contributed by atoms with Crippen molar-refractivity contribution in [3.05, 3.63) is 35.9 Å². The number of carbonyl (C=O) groups excluding carboxylic acids is 3. The first-order valence-electron chi connectivity index (χ1n) is 7.70. The zero-order valence-corrected chi connectivity index (χ0v) is 12.6. The topological polar surface area (TPSA) is 96.5 Å². The van der Waals surface area contributed by atoms with Crippen LogP contribution in [0.5, 0.6) is 0 Å². The van der Waals surface area contributed by atoms with Crippen molar-refractivity contribution in [3.63, 3.8) is 0 Å². The van der Waals surface area contributed by atoms with Crippen molar-refractivity contribution in [3.8, 4) is 0 Å². The Morgan fingerprint density at radius 1 is 1.26 bits per heavy atom. The van der Waals surface area contributed by atoms with Crippen molar-refractivity contribution in [1.29, 1.82) is 0 Å². The van der Waals surface area contributed by atoms with E-state index in [0.717, 1.165) is 12.8 Å². The van der Waals surface area contributed by atoms with Gasteiger partial charge in [0.1, 0.15) is 12.6 Å². The molecule has 7 nitrogen and oxygen atoms in total. The van der Waals surface area contributed by atoms with Gasteiger partial charge in [-0.3, -0.25) is 9.59 Å². The standard InChI is InChI=1S/C16H19N3O4/c20-14(11-4-2-1-3-5-11)17-8-12(10-6-7-10)18-15(21)13-9-23-16(22)19-13/h1-5,10,12-13H,6-9H2,(H,17,20)(H,18,21)(H,19,22)/t12?,13-/m0/s1. The lowest BCUT2D eigenvalue weighted by molar-refractivity contribution is -0.123. The zero-order valence-electron chi connectivity index (χ0n) is 12.6. The maximum atomic E-state index is 12.1. The highest BCUT2D eigenvalue weighted by atomic mass is 16.6. The van der Waals surface area contributed by atoms with Crippen LogP contribution in [-0.2, 0) is 9.53 Å². The van der Waals surface area contributed by atoms with Gasteiger partial charge in [-0.25, -0.2) is 4.79 Å². The van der Waals surface area contributed by atoms with Gasteiger partial charge in [-0.05, 0) is 30.9 Å². The fraction of sp³-hybridized carbons (Fsp3) is 0.438. The highest BCUT2D eigenvalue weighted by molar-refractivity contribution is 5.94. The summed E-state index contributed by atoms with van der Waals surface area (Å²) >= 11 is 0. The molecule has 1 unspecified atom stereocenters. The van der Waals surface area contributed by atoms with Crippen molar-refractivity contribution in [2.45, 2.75) is 24.9 Å². The number of cyclic esters (lactones) is 1. The maximum absolute atomic E-state index is 12.1. The normalized spacial score (nSPS) is 21.0. The van der Waals surface area contributed by atoms with Crippen LogP contribution < -0.4 is 16.0 Å². The zero-order chi connectivity index (χ0) is 16.2. The van der Waals surface area contributed by atoms with Gasteiger partial charge in [0.05, 0.1) is 0 Å². The molecule has 0 bridgehead atoms. The summed E-state index contributed by atoms with van der Waals surface area (Å²) in [6.07, 6.45) is 1.48. The SMILES string of the molecule is O=C1N[C@H](C(=O)NC(CNC(=O)c2ccccc2)C2CC2)CO1. The molecule has 0 spiro atoms. The number of amides is 3. The maximum Gasteiger partial charge on any atom is 0.407 e. The van der Waals surface area contributed by atoms with Gasteiger partial charge in [0.15, 0.2) is 0 Å². The minimum Gasteiger partial charge on any atom is -0.447 e. The van der Waals surface area contributed by atoms with Crippen LogP contribution in [0.1, 0.15) is 23.2 Å². The molecule has 1 aromatic rings. The van der Waals surface area contributed by atoms with Gasteiger partial charge in [-0.1, -0.05) is 18.2 Å². The second-order valence-corrected chi connectivity index (χ2v) is 5.82. The molecule has 1 saturated carbocycles. The van der Waals surface area contributed by atoms with Crippen molar-refractivity contribution in [2.75, 3.05) is 13.2 Å². The summed E-state index contributed by atoms with van der Waals surface area (Å²) in [5.74, 6) is -0.0715. The molecule has 3 rings (SSSR count). The summed E-state index contributed by atoms with van der Waals surface area (Å²) < 4.78 is 4.72. The fourth-order valence-electron chi connectivity index (χ4n) is 2.54. The van der Waals surface area contributed by atoms with Crippen LogP contribution in [0.3, 0.4) is 0 Å². The van der Waals surface area contributed by atoms with Crippen molar-refractivity contribution < 1.29 is 19.1 Å². The molecule has 0 aromatic heterocycles. The smallest absolute Gasteiger partial charge is 0.407 e. The van der Waals surface area contributed by atoms with Crippen LogP contribution in [0, 0.1) is 5.92 Å². The molecule has 23 heavy (non-hydrogen) atoms. The largest absolute Gasteiger partial charge is 0.447 e. The van der Waals surface area contributed by atoms with E-state index < -0.39 is 12.1 Å². The molecule has 2 fully saturated rings. The molecule has 2 aliphatic rings. The minimum absolute atomic E-state index is 0.0401. The minimum atomic E-state index is -0.659. The van der Waals surface area contributed by atoms with Gasteiger partial charge < -0.3 is 20.7 Å². The second kappa shape index (κ2) is 6.68. The lowest BCUT2D eigenvalue weighted by atomic mass is 10.1. The number of hydrogen-bond acceptors (Lipinski definition) is 4. The van der Waals surface area contributed by atoms with Crippen molar-refractivity contribution >= 4 is 17.9 Å². The Morgan fingerprint density at radius 2 is 2.00 bits per heavy atom. The van der Waals surface area contributed by atoms with E-state index in [-0.39, 0.29) is 24.5 Å². The molecule has 0 radical (unpaired) electrons. The summed E-state index contributed by atoms with van der Waals surface area (Å²) in [5.41, 5.74) is 0.588. The molecule has 1 heterocycles. The van der Waals surface area contributed by atoms with E-state index in [2.05, 4.69) is 16.0 Å². The Morgan fingerprint density at radius 3 is 2.61 bits per heavy atom. The van der Waals surface area contributed by atoms with Crippen LogP contribution in [0.15, 0.2) is 30.3 Å². The van der Waals surface area contributed by atoms with Crippen LogP contribution in [0.2, 0.25) is 0 Å². The molecular formula is C16H19N3O4. The van der Waals surface area contributed by atoms with Crippen LogP contribution in [0.4, 0.5) is 4.79 Å². The lowest BCUT2D eigenvalue weighted by Gasteiger charge is -2.20. The molecule has 1 aliphatic carbocycles. The molecule has 3 amide bonds. The first-order chi connectivity index (χ1) is 11.1. The Kier molecular flexibility index (Phi) is 4.45. The quantitative estimate of drug-likeness (QED) is 0.708. The molecule has 3 N–H and O–H groups in total. The molecule has 7 heteroatoms. The number of benzene rings is 1. The van der Waals surface area contributed by atoms with Crippen LogP contribution in [0.25, 0.3) is 0 Å². The van der Waals surface area contributed by atoms with Crippen LogP contribution >= 0.6 is 0 Å². The Labute approximate surface area is 133 Å². The molecule has 122 valence electrons. The molecule has 1 aromatic carbocycles. The predicted molar refractivity (Wildman–Crippen MR) is 81.7 cm³/mol. The Balaban J connectivity index is 1.52. The second-order valence-electron chi connectivity index (χ2n) is 5.82. The lowest BCUT2D eigenvalue weighted by Crippen LogP contribution is -2.51. The monoisotopic (exact) mass is 317 g/mol. The molecule has 2 atom stereocenters. The van der Waals surface area contributed by atoms with Gasteiger partial charge in [0, 0.05) is 18.2 Å². The highest BCUT2D eigenvalue weighted by Crippen LogP contribution is 2.32. The predicted octanol–water partition coefficient (Wildman–Crippen LogP) is 0.420. The molecular weight excluding hydrogens is 298 g/mol. The number of ether oxygens (including phenoxy) is 1. The summed E-state index contributed by atoms with van der Waals surface area (Å²) in [6.45, 7) is 0.407. The van der Waals surface area contributed by atoms with E-state index in [1.807, 2.05) is 6.07 Å². The molecule has 1 aliphatic heterocycles. The van der Waals surface area contributed by atoms with Gasteiger partial charge in [0.2, 0.25) is 5.91 Å². The van der Waals surface area contributed by atoms with Gasteiger partial charge in [0.25, 0.3) is 5.91 Å². The summed E-state index contributed by atoms with van der Waals surface area (Å²) in [4.78, 5) is 35.2. The van der Waals surface area contributed by atoms with E-state index in [0.29, 0.717) is 18.0 Å². The number of hydrogen-bond donors (Lipinski definition) is 3. The number of rotatable bonds is 6. The third-order valence-corrected chi connectivity index (χ3v) is 4.03. The van der Waals surface area contributed by atoms with Gasteiger partial charge >= 0.3 is 6.09 Å². The number of alkyl carbamates (subject to hydrolysis) is 1. The van der Waals surface area contributed by atoms with E-state index in [9.17, 15) is 14.4 Å². The van der Waals surface area contributed by atoms with E-state index in [1.54, 1.807) is 24.3 Å². The third-order valence-electron chi connectivity index (χ3n) is 4.03. The molecule has 1 saturated heterocycles. The van der Waals surface area contributed by atoms with Gasteiger partial charge in [-0.2, -0.15) is 0 Å². The average molecular weight is 317 g/mol. The van der Waals surface area contributed by atoms with E-state index in [4.69, 9.17) is 4.74 Å². The summed E-state index contributed by atoms with van der Waals surface area (Å²) in [5, 5.41) is 8.20. The number of carbonyl (C=O) groups is 3. The highest BCUT2D eigenvalue weighted by Gasteiger charge is 2.36. The van der Waals surface area contributed by atoms with E-state index in [1.165, 1.54) is 0 Å². The Hall–Kier alpha value is -2.57. The third kappa shape index (κ3) is 4.00.